The summed E-state index contributed by atoms with van der Waals surface area (Å²) < 4.78 is 27.6. The highest BCUT2D eigenvalue weighted by Gasteiger charge is 2.28. The molecule has 9 heteroatoms. The fourth-order valence-corrected chi connectivity index (χ4v) is 19.0. The number of nitrogens with zero attached hydrogens (tertiary/aromatic N) is 6. The molecule has 0 atom stereocenters. The number of benzene rings is 17. The Kier molecular flexibility index (Phi) is 17.7. The zero-order chi connectivity index (χ0) is 83.1. The largest absolute Gasteiger partial charge is 0.455 e. The minimum atomic E-state index is 0.889. The lowest BCUT2D eigenvalue weighted by Gasteiger charge is -2.10. The molecule has 0 radical (unpaired) electrons. The topological polar surface area (TPSA) is 92.9 Å². The van der Waals surface area contributed by atoms with Gasteiger partial charge in [-0.15, -0.1) is 0 Å². The van der Waals surface area contributed by atoms with Gasteiger partial charge in [-0.2, -0.15) is 0 Å². The van der Waals surface area contributed by atoms with Crippen molar-refractivity contribution in [3.05, 3.63) is 449 Å². The van der Waals surface area contributed by atoms with Gasteiger partial charge in [0.15, 0.2) is 0 Å². The van der Waals surface area contributed by atoms with E-state index in [2.05, 4.69) is 413 Å². The van der Waals surface area contributed by atoms with E-state index in [4.69, 9.17) is 23.2 Å². The van der Waals surface area contributed by atoms with Crippen LogP contribution >= 0.6 is 0 Å². The lowest BCUT2D eigenvalue weighted by molar-refractivity contribution is 0.635. The van der Waals surface area contributed by atoms with Crippen molar-refractivity contribution in [3.8, 4) is 107 Å². The summed E-state index contributed by atoms with van der Waals surface area (Å²) in [5.74, 6) is 3.57. The molecular formula is C117H74N6O3. The van der Waals surface area contributed by atoms with Crippen molar-refractivity contribution >= 4 is 131 Å². The minimum absolute atomic E-state index is 0.889. The molecule has 0 saturated heterocycles. The van der Waals surface area contributed by atoms with E-state index in [1.807, 2.05) is 55.0 Å². The van der Waals surface area contributed by atoms with E-state index in [1.54, 1.807) is 0 Å². The predicted octanol–water partition coefficient (Wildman–Crippen LogP) is 31.6. The molecule has 9 heterocycles. The highest BCUT2D eigenvalue weighted by atomic mass is 16.3. The second-order valence-corrected chi connectivity index (χ2v) is 32.0. The molecule has 0 saturated carbocycles. The van der Waals surface area contributed by atoms with Crippen LogP contribution in [0.2, 0.25) is 0 Å². The first kappa shape index (κ1) is 73.0. The van der Waals surface area contributed by atoms with Crippen LogP contribution in [0.1, 0.15) is 0 Å². The number of para-hydroxylation sites is 4. The third-order valence-corrected chi connectivity index (χ3v) is 24.7. The lowest BCUT2D eigenvalue weighted by Crippen LogP contribution is -1.97. The van der Waals surface area contributed by atoms with Gasteiger partial charge in [0.05, 0.1) is 60.5 Å². The highest BCUT2D eigenvalue weighted by molar-refractivity contribution is 6.26. The zero-order valence-electron chi connectivity index (χ0n) is 68.1. The van der Waals surface area contributed by atoms with Gasteiger partial charge < -0.3 is 22.4 Å². The fourth-order valence-electron chi connectivity index (χ4n) is 19.0. The molecule has 0 aliphatic carbocycles. The molecule has 0 unspecified atom stereocenters. The first-order valence-electron chi connectivity index (χ1n) is 42.6. The van der Waals surface area contributed by atoms with Gasteiger partial charge in [0.1, 0.15) is 39.8 Å². The third kappa shape index (κ3) is 12.3. The molecule has 26 rings (SSSR count). The SMILES string of the molecule is c1ccc(-c2oc3c(ccc4c3c3ccccc3n4-c3cc4ccccc4cn3)c2-c2ccccc2)cc1.c1ccc(-c2oc3c(ccc4c3c3ccccc3n4-c3ccc(-c4cccc5cccnc45)cc3)c2-c2ccccc2)cc1.c1ccc(-c2oc3c(ccc4c3c3ccccc3n4-c3cccc(-c4cc5ccccc5cn4)c3)c2-c2ccccc2)cc1. The standard InChI is InChI=1S/2C41H26N2O.C35H22N2O/c1-3-11-28(12-4-1)37-34-24-25-36-38(41(34)44-40(37)30-13-5-2-6-14-30)33-17-7-8-19-35(33)43(36)31-22-20-27(21-23-31)32-18-9-15-29-16-10-26-42-39(29)32;1-3-12-27(13-4-1)38-34-22-23-37-39(41(34)44-40(38)28-14-5-2-6-15-28)33-20-9-10-21-36(33)43(37)32-19-11-18-30(24-32)35-25-29-16-7-8-17-31(29)26-42-35;1-3-11-23(12-4-1)32-28-19-20-30-33(35(28)38-34(32)24-13-5-2-6-14-24)27-17-9-10-18-29(27)37(30)31-21-25-15-7-8-16-26(25)22-36-31/h2*1-26H;1-22H. The van der Waals surface area contributed by atoms with Crippen LogP contribution in [0.5, 0.6) is 0 Å². The number of aromatic nitrogens is 6. The predicted molar refractivity (Wildman–Crippen MR) is 521 cm³/mol. The Bertz CT molecular complexity index is 8680. The van der Waals surface area contributed by atoms with Gasteiger partial charge in [-0.25, -0.2) is 4.98 Å². The number of hydrogen-bond donors (Lipinski definition) is 0. The maximum atomic E-state index is 6.92. The second-order valence-electron chi connectivity index (χ2n) is 32.0. The van der Waals surface area contributed by atoms with Crippen LogP contribution in [0.25, 0.3) is 238 Å². The molecule has 590 valence electrons. The maximum Gasteiger partial charge on any atom is 0.145 e. The first-order valence-corrected chi connectivity index (χ1v) is 42.6. The number of rotatable bonds is 11. The summed E-state index contributed by atoms with van der Waals surface area (Å²) in [6.07, 6.45) is 5.78. The second kappa shape index (κ2) is 30.6. The number of fused-ring (bicyclic) bond motifs is 18. The highest BCUT2D eigenvalue weighted by Crippen LogP contribution is 2.51. The van der Waals surface area contributed by atoms with E-state index in [0.717, 1.165) is 222 Å². The smallest absolute Gasteiger partial charge is 0.145 e. The Balaban J connectivity index is 0.000000106. The summed E-state index contributed by atoms with van der Waals surface area (Å²) >= 11 is 0. The van der Waals surface area contributed by atoms with Crippen molar-refractivity contribution in [1.82, 2.24) is 28.7 Å². The van der Waals surface area contributed by atoms with E-state index in [1.165, 1.54) is 16.2 Å². The summed E-state index contributed by atoms with van der Waals surface area (Å²) in [4.78, 5) is 14.4. The molecule has 9 nitrogen and oxygen atoms in total. The Hall–Kier alpha value is -17.0. The molecule has 0 aliphatic heterocycles. The Morgan fingerprint density at radius 3 is 1.05 bits per heavy atom. The number of furan rings is 3. The fraction of sp³-hybridized carbons (Fsp3) is 0. The lowest BCUT2D eigenvalue weighted by atomic mass is 9.98. The van der Waals surface area contributed by atoms with E-state index < -0.39 is 0 Å². The van der Waals surface area contributed by atoms with Crippen molar-refractivity contribution < 1.29 is 13.3 Å². The molecular weight excluding hydrogens is 1540 g/mol. The minimum Gasteiger partial charge on any atom is -0.455 e. The van der Waals surface area contributed by atoms with Gasteiger partial charge in [-0.1, -0.05) is 334 Å². The first-order chi connectivity index (χ1) is 62.5. The van der Waals surface area contributed by atoms with Crippen LogP contribution in [0.3, 0.4) is 0 Å². The van der Waals surface area contributed by atoms with E-state index >= 15 is 0 Å². The summed E-state index contributed by atoms with van der Waals surface area (Å²) in [6.45, 7) is 0. The molecule has 126 heavy (non-hydrogen) atoms. The molecule has 17 aromatic carbocycles. The van der Waals surface area contributed by atoms with E-state index in [9.17, 15) is 0 Å². The van der Waals surface area contributed by atoms with Crippen LogP contribution < -0.4 is 0 Å². The van der Waals surface area contributed by atoms with Gasteiger partial charge in [0, 0.05) is 123 Å². The van der Waals surface area contributed by atoms with Gasteiger partial charge in [-0.05, 0) is 130 Å². The third-order valence-electron chi connectivity index (χ3n) is 24.7. The summed E-state index contributed by atoms with van der Waals surface area (Å²) in [5.41, 5.74) is 26.9. The molecule has 26 aromatic rings. The van der Waals surface area contributed by atoms with Gasteiger partial charge >= 0.3 is 0 Å². The van der Waals surface area contributed by atoms with Crippen LogP contribution in [0, 0.1) is 0 Å². The maximum absolute atomic E-state index is 6.92. The normalized spacial score (nSPS) is 11.7. The van der Waals surface area contributed by atoms with Crippen molar-refractivity contribution in [3.63, 3.8) is 0 Å². The van der Waals surface area contributed by atoms with E-state index in [0.29, 0.717) is 0 Å². The molecule has 0 spiro atoms. The van der Waals surface area contributed by atoms with Crippen molar-refractivity contribution in [2.45, 2.75) is 0 Å². The summed E-state index contributed by atoms with van der Waals surface area (Å²) in [6, 6.07) is 151. The quantitative estimate of drug-likeness (QED) is 0.128. The number of hydrogen-bond acceptors (Lipinski definition) is 6. The zero-order valence-corrected chi connectivity index (χ0v) is 68.1. The Labute approximate surface area is 724 Å². The monoisotopic (exact) mass is 1610 g/mol. The molecule has 0 amide bonds. The summed E-state index contributed by atoms with van der Waals surface area (Å²) in [7, 11) is 0. The van der Waals surface area contributed by atoms with Gasteiger partial charge in [-0.3, -0.25) is 14.5 Å². The van der Waals surface area contributed by atoms with Gasteiger partial charge in [0.2, 0.25) is 0 Å². The molecule has 9 aromatic heterocycles. The van der Waals surface area contributed by atoms with Crippen molar-refractivity contribution in [1.29, 1.82) is 0 Å². The summed E-state index contributed by atoms with van der Waals surface area (Å²) in [5, 5.41) is 15.9. The van der Waals surface area contributed by atoms with Gasteiger partial charge in [0.25, 0.3) is 0 Å². The Morgan fingerprint density at radius 2 is 0.571 bits per heavy atom. The van der Waals surface area contributed by atoms with Crippen LogP contribution in [-0.4, -0.2) is 28.7 Å². The molecule has 0 fully saturated rings. The molecule has 0 aliphatic rings. The average molecular weight is 1610 g/mol. The van der Waals surface area contributed by atoms with Crippen LogP contribution in [-0.2, 0) is 0 Å². The average Bonchev–Trinajstić information content (AvgIpc) is 1.57. The number of pyridine rings is 3. The Morgan fingerprint density at radius 1 is 0.206 bits per heavy atom. The van der Waals surface area contributed by atoms with E-state index in [-0.39, 0.29) is 0 Å². The molecule has 0 bridgehead atoms. The molecule has 0 N–H and O–H groups in total. The van der Waals surface area contributed by atoms with Crippen LogP contribution in [0.4, 0.5) is 0 Å². The van der Waals surface area contributed by atoms with Crippen molar-refractivity contribution in [2.75, 3.05) is 0 Å². The van der Waals surface area contributed by atoms with Crippen LogP contribution in [0.15, 0.2) is 463 Å². The van der Waals surface area contributed by atoms with Crippen molar-refractivity contribution in [2.24, 2.45) is 0 Å².